The lowest BCUT2D eigenvalue weighted by atomic mass is 10.2. The van der Waals surface area contributed by atoms with Crippen molar-refractivity contribution in [3.63, 3.8) is 0 Å². The number of rotatable bonds is 3. The van der Waals surface area contributed by atoms with Gasteiger partial charge in [0.15, 0.2) is 0 Å². The first-order valence-electron chi connectivity index (χ1n) is 10.7. The molecule has 2 aromatic carbocycles. The molecule has 2 aliphatic heterocycles. The van der Waals surface area contributed by atoms with E-state index in [-0.39, 0.29) is 24.3 Å². The zero-order valence-corrected chi connectivity index (χ0v) is 18.0. The van der Waals surface area contributed by atoms with Crippen molar-refractivity contribution in [2.45, 2.75) is 45.1 Å². The number of nitrogens with zero attached hydrogens (tertiary/aromatic N) is 3. The predicted octanol–water partition coefficient (Wildman–Crippen LogP) is 4.78. The summed E-state index contributed by atoms with van der Waals surface area (Å²) >= 11 is 1.66. The van der Waals surface area contributed by atoms with Crippen molar-refractivity contribution < 1.29 is 9.59 Å². The molecule has 3 aromatic rings. The van der Waals surface area contributed by atoms with Gasteiger partial charge in [0.05, 0.1) is 28.4 Å². The molecule has 2 amide bonds. The minimum Gasteiger partial charge on any atom is -0.292 e. The van der Waals surface area contributed by atoms with Crippen LogP contribution in [0.3, 0.4) is 0 Å². The zero-order chi connectivity index (χ0) is 20.7. The number of carbonyl (C=O) groups excluding carboxylic acids is 2. The fourth-order valence-electron chi connectivity index (χ4n) is 4.49. The highest BCUT2D eigenvalue weighted by Gasteiger charge is 2.42. The van der Waals surface area contributed by atoms with Crippen molar-refractivity contribution in [3.05, 3.63) is 48.0 Å². The van der Waals surface area contributed by atoms with E-state index in [1.165, 1.54) is 28.0 Å². The van der Waals surface area contributed by atoms with E-state index in [0.717, 1.165) is 42.0 Å². The molecule has 0 saturated carbocycles. The van der Waals surface area contributed by atoms with Crippen LogP contribution >= 0.6 is 11.3 Å². The van der Waals surface area contributed by atoms with Crippen LogP contribution < -0.4 is 4.90 Å². The van der Waals surface area contributed by atoms with Gasteiger partial charge in [-0.1, -0.05) is 18.9 Å². The minimum absolute atomic E-state index is 0.0786. The molecule has 1 aromatic heterocycles. The highest BCUT2D eigenvalue weighted by Crippen LogP contribution is 2.33. The molecule has 0 bridgehead atoms. The highest BCUT2D eigenvalue weighted by atomic mass is 32.1. The normalized spacial score (nSPS) is 20.8. The maximum absolute atomic E-state index is 13.1. The average molecular weight is 420 g/mol. The second kappa shape index (κ2) is 7.93. The molecular weight excluding hydrogens is 394 g/mol. The summed E-state index contributed by atoms with van der Waals surface area (Å²) < 4.78 is 1.17. The van der Waals surface area contributed by atoms with Crippen LogP contribution in [-0.4, -0.2) is 40.8 Å². The van der Waals surface area contributed by atoms with Crippen molar-refractivity contribution in [1.82, 2.24) is 9.88 Å². The summed E-state index contributed by atoms with van der Waals surface area (Å²) in [5.74, 6) is -0.178. The molecule has 0 spiro atoms. The van der Waals surface area contributed by atoms with E-state index in [1.54, 1.807) is 11.3 Å². The van der Waals surface area contributed by atoms with E-state index in [4.69, 9.17) is 4.98 Å². The van der Waals surface area contributed by atoms with E-state index in [9.17, 15) is 9.59 Å². The van der Waals surface area contributed by atoms with Crippen LogP contribution in [0, 0.1) is 6.92 Å². The Bertz CT molecular complexity index is 1100. The molecule has 2 saturated heterocycles. The first-order valence-corrected chi connectivity index (χ1v) is 11.5. The number of fused-ring (bicyclic) bond motifs is 1. The number of aromatic nitrogens is 1. The van der Waals surface area contributed by atoms with Gasteiger partial charge in [0.1, 0.15) is 5.01 Å². The Morgan fingerprint density at radius 2 is 1.70 bits per heavy atom. The number of thiazole rings is 1. The van der Waals surface area contributed by atoms with E-state index >= 15 is 0 Å². The summed E-state index contributed by atoms with van der Waals surface area (Å²) in [6.45, 7) is 3.90. The monoisotopic (exact) mass is 419 g/mol. The van der Waals surface area contributed by atoms with E-state index in [0.29, 0.717) is 5.69 Å². The number of anilines is 1. The topological polar surface area (TPSA) is 53.5 Å². The maximum atomic E-state index is 13.1. The Labute approximate surface area is 180 Å². The van der Waals surface area contributed by atoms with Crippen molar-refractivity contribution >= 4 is 39.1 Å². The molecule has 1 atom stereocenters. The number of aryl methyl sites for hydroxylation is 1. The molecule has 0 radical (unpaired) electrons. The van der Waals surface area contributed by atoms with Crippen LogP contribution in [0.1, 0.15) is 37.7 Å². The van der Waals surface area contributed by atoms with Crippen molar-refractivity contribution in [3.8, 4) is 10.6 Å². The van der Waals surface area contributed by atoms with Gasteiger partial charge < -0.3 is 0 Å². The fraction of sp³-hybridized carbons (Fsp3) is 0.375. The molecule has 2 aliphatic rings. The number of benzene rings is 2. The minimum atomic E-state index is -0.303. The van der Waals surface area contributed by atoms with Gasteiger partial charge in [-0.2, -0.15) is 0 Å². The van der Waals surface area contributed by atoms with Crippen molar-refractivity contribution in [2.75, 3.05) is 18.0 Å². The third-order valence-electron chi connectivity index (χ3n) is 6.12. The van der Waals surface area contributed by atoms with Crippen LogP contribution in [0.2, 0.25) is 0 Å². The fourth-order valence-corrected chi connectivity index (χ4v) is 5.56. The molecule has 0 unspecified atom stereocenters. The lowest BCUT2D eigenvalue weighted by molar-refractivity contribution is -0.122. The Hall–Kier alpha value is -2.57. The Kier molecular flexibility index (Phi) is 5.13. The number of carbonyl (C=O) groups is 2. The van der Waals surface area contributed by atoms with E-state index in [1.807, 2.05) is 30.3 Å². The van der Waals surface area contributed by atoms with Crippen LogP contribution in [0.25, 0.3) is 20.8 Å². The van der Waals surface area contributed by atoms with Crippen LogP contribution in [-0.2, 0) is 9.59 Å². The lowest BCUT2D eigenvalue weighted by Crippen LogP contribution is -2.42. The van der Waals surface area contributed by atoms with E-state index in [2.05, 4.69) is 24.0 Å². The predicted molar refractivity (Wildman–Crippen MR) is 121 cm³/mol. The Morgan fingerprint density at radius 1 is 0.967 bits per heavy atom. The smallest absolute Gasteiger partial charge is 0.251 e. The number of imide groups is 1. The van der Waals surface area contributed by atoms with Gasteiger partial charge in [-0.3, -0.25) is 14.5 Å². The average Bonchev–Trinajstić information content (AvgIpc) is 3.16. The summed E-state index contributed by atoms with van der Waals surface area (Å²) in [4.78, 5) is 34.1. The highest BCUT2D eigenvalue weighted by molar-refractivity contribution is 7.21. The third-order valence-corrected chi connectivity index (χ3v) is 7.19. The van der Waals surface area contributed by atoms with Gasteiger partial charge in [0.25, 0.3) is 5.91 Å². The molecular formula is C24H25N3O2S. The van der Waals surface area contributed by atoms with Gasteiger partial charge in [-0.15, -0.1) is 11.3 Å². The van der Waals surface area contributed by atoms with Gasteiger partial charge in [-0.25, -0.2) is 9.88 Å². The maximum Gasteiger partial charge on any atom is 0.251 e. The molecule has 0 aliphatic carbocycles. The standard InChI is InChI=1S/C24H25N3O2S/c1-16-6-11-19-21(14-16)30-23(25-19)17-7-9-18(10-8-17)27-22(28)15-20(24(27)29)26-12-4-2-3-5-13-26/h6-11,14,20H,2-5,12-13,15H2,1H3/t20-/m0/s1. The van der Waals surface area contributed by atoms with Gasteiger partial charge in [-0.05, 0) is 74.8 Å². The molecule has 30 heavy (non-hydrogen) atoms. The van der Waals surface area contributed by atoms with Gasteiger partial charge in [0.2, 0.25) is 5.91 Å². The number of amides is 2. The van der Waals surface area contributed by atoms with Gasteiger partial charge >= 0.3 is 0 Å². The molecule has 154 valence electrons. The quantitative estimate of drug-likeness (QED) is 0.574. The number of likely N-dealkylation sites (tertiary alicyclic amines) is 1. The van der Waals surface area contributed by atoms with Crippen LogP contribution in [0.15, 0.2) is 42.5 Å². The summed E-state index contributed by atoms with van der Waals surface area (Å²) in [7, 11) is 0. The summed E-state index contributed by atoms with van der Waals surface area (Å²) in [6, 6.07) is 13.6. The largest absolute Gasteiger partial charge is 0.292 e. The second-order valence-corrected chi connectivity index (χ2v) is 9.31. The van der Waals surface area contributed by atoms with Crippen molar-refractivity contribution in [1.29, 1.82) is 0 Å². The molecule has 5 nitrogen and oxygen atoms in total. The SMILES string of the molecule is Cc1ccc2nc(-c3ccc(N4C(=O)C[C@H](N5CCCCCC5)C4=O)cc3)sc2c1. The molecule has 5 rings (SSSR count). The first-order chi connectivity index (χ1) is 14.6. The van der Waals surface area contributed by atoms with Crippen LogP contribution in [0.5, 0.6) is 0 Å². The van der Waals surface area contributed by atoms with Crippen molar-refractivity contribution in [2.24, 2.45) is 0 Å². The molecule has 3 heterocycles. The van der Waals surface area contributed by atoms with Crippen LogP contribution in [0.4, 0.5) is 5.69 Å². The summed E-state index contributed by atoms with van der Waals surface area (Å²) in [6.07, 6.45) is 4.92. The number of hydrogen-bond acceptors (Lipinski definition) is 5. The summed E-state index contributed by atoms with van der Waals surface area (Å²) in [5.41, 5.74) is 3.87. The molecule has 6 heteroatoms. The number of hydrogen-bond donors (Lipinski definition) is 0. The molecule has 2 fully saturated rings. The summed E-state index contributed by atoms with van der Waals surface area (Å²) in [5, 5.41) is 0.948. The lowest BCUT2D eigenvalue weighted by Gasteiger charge is -2.25. The Morgan fingerprint density at radius 3 is 2.43 bits per heavy atom. The molecule has 0 N–H and O–H groups in total. The third kappa shape index (κ3) is 3.55. The Balaban J connectivity index is 1.38. The van der Waals surface area contributed by atoms with E-state index < -0.39 is 0 Å². The zero-order valence-electron chi connectivity index (χ0n) is 17.1. The first kappa shape index (κ1) is 19.4. The van der Waals surface area contributed by atoms with Gasteiger partial charge in [0, 0.05) is 5.56 Å². The second-order valence-electron chi connectivity index (χ2n) is 8.27.